The van der Waals surface area contributed by atoms with Crippen molar-refractivity contribution in [2.75, 3.05) is 0 Å². The van der Waals surface area contributed by atoms with Gasteiger partial charge in [-0.1, -0.05) is 0 Å². The molecule has 0 bridgehead atoms. The molecule has 0 aliphatic rings. The van der Waals surface area contributed by atoms with Crippen molar-refractivity contribution in [1.82, 2.24) is 0 Å². The second kappa shape index (κ2) is 7.81. The van der Waals surface area contributed by atoms with Crippen LogP contribution in [0.3, 0.4) is 0 Å². The quantitative estimate of drug-likeness (QED) is 0.336. The first kappa shape index (κ1) is 25.1. The topological polar surface area (TPSA) is 58.6 Å². The van der Waals surface area contributed by atoms with Gasteiger partial charge in [0.2, 0.25) is 0 Å². The SMILES string of the molecule is O=C([O-])C(F)(OC(F)(F)C(F)(F)OC(F)=C(F)F)C(F)(F)F.[K+]. The molecule has 0 aliphatic carbocycles. The molecule has 1 atom stereocenters. The number of halogens is 11. The summed E-state index contributed by atoms with van der Waals surface area (Å²) in [7, 11) is 0. The molecule has 0 saturated heterocycles. The number of carboxylic acid groups (broad SMARTS) is 1. The van der Waals surface area contributed by atoms with Gasteiger partial charge in [0.05, 0.1) is 0 Å². The number of aliphatic carboxylic acids is 1. The third kappa shape index (κ3) is 5.70. The summed E-state index contributed by atoms with van der Waals surface area (Å²) in [6, 6.07) is -3.65. The predicted molar refractivity (Wildman–Crippen MR) is 37.3 cm³/mol. The molecule has 0 aromatic rings. The van der Waals surface area contributed by atoms with Gasteiger partial charge in [0.1, 0.15) is 5.97 Å². The van der Waals surface area contributed by atoms with Crippen LogP contribution < -0.4 is 56.5 Å². The van der Waals surface area contributed by atoms with Crippen molar-refractivity contribution in [1.29, 1.82) is 0 Å². The number of hydrogen-bond acceptors (Lipinski definition) is 4. The summed E-state index contributed by atoms with van der Waals surface area (Å²) < 4.78 is 138. The van der Waals surface area contributed by atoms with E-state index in [1.54, 1.807) is 4.74 Å². The molecule has 0 N–H and O–H groups in total. The molecule has 0 fully saturated rings. The molecule has 1 unspecified atom stereocenters. The van der Waals surface area contributed by atoms with E-state index in [1.165, 1.54) is 0 Å². The average Bonchev–Trinajstić information content (AvgIpc) is 2.25. The standard InChI is InChI=1S/C7HF11O4.K/c8-1(9)2(10)21-6(15,16)7(17,18)22-4(11,3(19)20)5(12,13)14;/h(H,19,20);/q;+1/p-1. The zero-order valence-electron chi connectivity index (χ0n) is 10.3. The van der Waals surface area contributed by atoms with Gasteiger partial charge in [0.15, 0.2) is 0 Å². The maximum Gasteiger partial charge on any atom is 1.00 e. The molecule has 16 heteroatoms. The zero-order chi connectivity index (χ0) is 18.1. The molecule has 0 spiro atoms. The molecule has 0 saturated carbocycles. The fourth-order valence-corrected chi connectivity index (χ4v) is 0.662. The minimum absolute atomic E-state index is 0. The Morgan fingerprint density at radius 1 is 0.826 bits per heavy atom. The number of alkyl halides is 8. The number of carbonyl (C=O) groups is 1. The van der Waals surface area contributed by atoms with Crippen LogP contribution in [-0.4, -0.2) is 30.2 Å². The second-order valence-electron chi connectivity index (χ2n) is 3.15. The van der Waals surface area contributed by atoms with Crippen LogP contribution in [0.5, 0.6) is 0 Å². The predicted octanol–water partition coefficient (Wildman–Crippen LogP) is -0.778. The van der Waals surface area contributed by atoms with Crippen molar-refractivity contribution >= 4 is 5.97 Å². The Balaban J connectivity index is 0. The van der Waals surface area contributed by atoms with E-state index in [9.17, 15) is 58.2 Å². The summed E-state index contributed by atoms with van der Waals surface area (Å²) in [4.78, 5) is 9.85. The number of hydrogen-bond donors (Lipinski definition) is 0. The first-order valence-electron chi connectivity index (χ1n) is 4.30. The summed E-state index contributed by atoms with van der Waals surface area (Å²) in [6.07, 6.45) is -24.0. The number of ether oxygens (including phenoxy) is 2. The van der Waals surface area contributed by atoms with Crippen molar-refractivity contribution in [2.45, 2.75) is 24.2 Å². The molecular formula is C7F11KO4. The van der Waals surface area contributed by atoms with Crippen LogP contribution >= 0.6 is 0 Å². The van der Waals surface area contributed by atoms with Crippen molar-refractivity contribution in [3.8, 4) is 0 Å². The van der Waals surface area contributed by atoms with E-state index in [1.807, 2.05) is 4.74 Å². The van der Waals surface area contributed by atoms with Gasteiger partial charge in [-0.3, -0.25) is 4.74 Å². The van der Waals surface area contributed by atoms with Crippen molar-refractivity contribution in [3.05, 3.63) is 12.1 Å². The molecule has 4 nitrogen and oxygen atoms in total. The Labute approximate surface area is 160 Å². The Morgan fingerprint density at radius 3 is 1.48 bits per heavy atom. The van der Waals surface area contributed by atoms with Crippen molar-refractivity contribution in [3.63, 3.8) is 0 Å². The van der Waals surface area contributed by atoms with Gasteiger partial charge in [-0.25, -0.2) is 0 Å². The molecule has 0 amide bonds. The third-order valence-corrected chi connectivity index (χ3v) is 1.60. The van der Waals surface area contributed by atoms with Crippen LogP contribution in [0.15, 0.2) is 12.1 Å². The number of carboxylic acids is 1. The van der Waals surface area contributed by atoms with Gasteiger partial charge in [0, 0.05) is 0 Å². The van der Waals surface area contributed by atoms with Crippen LogP contribution in [0.2, 0.25) is 0 Å². The normalized spacial score (nSPS) is 15.3. The summed E-state index contributed by atoms with van der Waals surface area (Å²) in [5.41, 5.74) is 0. The van der Waals surface area contributed by atoms with Gasteiger partial charge in [-0.2, -0.15) is 48.3 Å². The molecule has 0 heterocycles. The Morgan fingerprint density at radius 2 is 1.22 bits per heavy atom. The number of rotatable bonds is 6. The van der Waals surface area contributed by atoms with Gasteiger partial charge in [0.25, 0.3) is 0 Å². The molecule has 0 rings (SSSR count). The molecule has 23 heavy (non-hydrogen) atoms. The van der Waals surface area contributed by atoms with E-state index in [-0.39, 0.29) is 51.4 Å². The Hall–Kier alpha value is -0.164. The molecule has 130 valence electrons. The van der Waals surface area contributed by atoms with E-state index in [0.717, 1.165) is 0 Å². The van der Waals surface area contributed by atoms with Gasteiger partial charge < -0.3 is 14.6 Å². The fraction of sp³-hybridized carbons (Fsp3) is 0.571. The fourth-order valence-electron chi connectivity index (χ4n) is 0.662. The molecule has 0 radical (unpaired) electrons. The van der Waals surface area contributed by atoms with Crippen LogP contribution in [0, 0.1) is 0 Å². The summed E-state index contributed by atoms with van der Waals surface area (Å²) in [5, 5.41) is 9.85. The van der Waals surface area contributed by atoms with Gasteiger partial charge in [-0.05, 0) is 0 Å². The van der Waals surface area contributed by atoms with E-state index in [0.29, 0.717) is 0 Å². The van der Waals surface area contributed by atoms with Crippen LogP contribution in [0.4, 0.5) is 48.3 Å². The minimum atomic E-state index is -6.84. The van der Waals surface area contributed by atoms with E-state index in [4.69, 9.17) is 0 Å². The maximum absolute atomic E-state index is 12.8. The van der Waals surface area contributed by atoms with E-state index >= 15 is 0 Å². The van der Waals surface area contributed by atoms with E-state index in [2.05, 4.69) is 0 Å². The minimum Gasteiger partial charge on any atom is -0.544 e. The molecule has 0 aromatic heterocycles. The van der Waals surface area contributed by atoms with Crippen molar-refractivity contribution < 1.29 is 119 Å². The summed E-state index contributed by atoms with van der Waals surface area (Å²) in [6.45, 7) is 0. The first-order chi connectivity index (χ1) is 9.48. The van der Waals surface area contributed by atoms with Gasteiger partial charge in [-0.15, -0.1) is 0 Å². The molecule has 0 aliphatic heterocycles. The maximum atomic E-state index is 12.8. The van der Waals surface area contributed by atoms with Crippen LogP contribution in [0.25, 0.3) is 0 Å². The van der Waals surface area contributed by atoms with Gasteiger partial charge >= 0.3 is 87.7 Å². The molecular weight excluding hydrogens is 396 g/mol. The van der Waals surface area contributed by atoms with Crippen molar-refractivity contribution in [2.24, 2.45) is 0 Å². The second-order valence-corrected chi connectivity index (χ2v) is 3.15. The van der Waals surface area contributed by atoms with Crippen LogP contribution in [-0.2, 0) is 14.3 Å². The average molecular weight is 396 g/mol. The summed E-state index contributed by atoms with van der Waals surface area (Å²) >= 11 is 0. The summed E-state index contributed by atoms with van der Waals surface area (Å²) in [5.74, 6) is -10.5. The number of carbonyl (C=O) groups excluding carboxylic acids is 1. The zero-order valence-corrected chi connectivity index (χ0v) is 13.4. The van der Waals surface area contributed by atoms with Crippen LogP contribution in [0.1, 0.15) is 0 Å². The Kier molecular flexibility index (Phi) is 8.52. The molecule has 0 aromatic carbocycles. The Bertz CT molecular complexity index is 471. The third-order valence-electron chi connectivity index (χ3n) is 1.60. The largest absolute Gasteiger partial charge is 1.00 e. The monoisotopic (exact) mass is 396 g/mol. The smallest absolute Gasteiger partial charge is 0.544 e. The van der Waals surface area contributed by atoms with E-state index < -0.39 is 42.3 Å². The first-order valence-corrected chi connectivity index (χ1v) is 4.30.